The number of aromatic nitrogens is 1. The van der Waals surface area contributed by atoms with Crippen LogP contribution in [-0.4, -0.2) is 16.3 Å². The third-order valence-electron chi connectivity index (χ3n) is 4.43. The van der Waals surface area contributed by atoms with Gasteiger partial charge in [0.05, 0.1) is 11.9 Å². The van der Waals surface area contributed by atoms with E-state index in [0.29, 0.717) is 17.1 Å². The predicted molar refractivity (Wildman–Crippen MR) is 118 cm³/mol. The fourth-order valence-corrected chi connectivity index (χ4v) is 3.67. The van der Waals surface area contributed by atoms with Gasteiger partial charge in [-0.2, -0.15) is 5.10 Å². The number of hydrazone groups is 1. The van der Waals surface area contributed by atoms with Crippen LogP contribution in [0.15, 0.2) is 83.8 Å². The minimum Gasteiger partial charge on any atom is -0.507 e. The largest absolute Gasteiger partial charge is 0.507 e. The summed E-state index contributed by atoms with van der Waals surface area (Å²) < 4.78 is 0. The van der Waals surface area contributed by atoms with Crippen molar-refractivity contribution in [2.45, 2.75) is 6.42 Å². The Bertz CT molecular complexity index is 1160. The SMILES string of the molecule is C=CCc1cccc(C=NNc2nc(-c3ccc4ccccc4c3)cs2)c1O. The number of allylic oxidation sites excluding steroid dienone is 1. The van der Waals surface area contributed by atoms with E-state index in [9.17, 15) is 5.11 Å². The molecule has 1 heterocycles. The first-order valence-corrected chi connectivity index (χ1v) is 9.78. The van der Waals surface area contributed by atoms with Gasteiger partial charge >= 0.3 is 0 Å². The van der Waals surface area contributed by atoms with E-state index in [4.69, 9.17) is 0 Å². The lowest BCUT2D eigenvalue weighted by Gasteiger charge is -2.04. The molecule has 138 valence electrons. The number of hydrogen-bond acceptors (Lipinski definition) is 5. The fraction of sp³-hybridized carbons (Fsp3) is 0.0435. The minimum absolute atomic E-state index is 0.226. The number of aromatic hydroxyl groups is 1. The lowest BCUT2D eigenvalue weighted by atomic mass is 10.1. The summed E-state index contributed by atoms with van der Waals surface area (Å²) in [5.74, 6) is 0.226. The van der Waals surface area contributed by atoms with Gasteiger partial charge in [-0.3, -0.25) is 5.43 Å². The molecular formula is C23H19N3OS. The van der Waals surface area contributed by atoms with Crippen molar-refractivity contribution in [3.63, 3.8) is 0 Å². The zero-order chi connectivity index (χ0) is 19.3. The van der Waals surface area contributed by atoms with Crippen molar-refractivity contribution in [1.82, 2.24) is 4.98 Å². The van der Waals surface area contributed by atoms with Crippen LogP contribution in [0, 0.1) is 0 Å². The van der Waals surface area contributed by atoms with E-state index in [0.717, 1.165) is 16.8 Å². The number of thiazole rings is 1. The Morgan fingerprint density at radius 2 is 1.93 bits per heavy atom. The molecular weight excluding hydrogens is 366 g/mol. The van der Waals surface area contributed by atoms with Crippen molar-refractivity contribution in [2.75, 3.05) is 5.43 Å². The van der Waals surface area contributed by atoms with E-state index in [-0.39, 0.29) is 5.75 Å². The molecule has 5 heteroatoms. The summed E-state index contributed by atoms with van der Waals surface area (Å²) >= 11 is 1.49. The van der Waals surface area contributed by atoms with Crippen molar-refractivity contribution >= 4 is 33.5 Å². The first-order valence-electron chi connectivity index (χ1n) is 8.90. The Balaban J connectivity index is 1.50. The average molecular weight is 385 g/mol. The standard InChI is InChI=1S/C23H19N3OS/c1-2-6-17-9-5-10-20(22(17)27)14-24-26-23-25-21(15-28-23)19-12-11-16-7-3-4-8-18(16)13-19/h2-5,7-15,27H,1,6H2,(H,25,26). The summed E-state index contributed by atoms with van der Waals surface area (Å²) in [7, 11) is 0. The van der Waals surface area contributed by atoms with Crippen molar-refractivity contribution in [1.29, 1.82) is 0 Å². The van der Waals surface area contributed by atoms with Crippen molar-refractivity contribution in [3.05, 3.63) is 89.8 Å². The molecule has 4 nitrogen and oxygen atoms in total. The summed E-state index contributed by atoms with van der Waals surface area (Å²) in [6.07, 6.45) is 3.97. The van der Waals surface area contributed by atoms with E-state index < -0.39 is 0 Å². The van der Waals surface area contributed by atoms with Gasteiger partial charge in [-0.1, -0.05) is 54.6 Å². The number of fused-ring (bicyclic) bond motifs is 1. The van der Waals surface area contributed by atoms with Crippen LogP contribution >= 0.6 is 11.3 Å². The summed E-state index contributed by atoms with van der Waals surface area (Å²) in [6.45, 7) is 3.71. The van der Waals surface area contributed by atoms with Crippen molar-refractivity contribution in [3.8, 4) is 17.0 Å². The van der Waals surface area contributed by atoms with E-state index in [1.807, 2.05) is 35.7 Å². The van der Waals surface area contributed by atoms with Crippen LogP contribution in [0.4, 0.5) is 5.13 Å². The van der Waals surface area contributed by atoms with Gasteiger partial charge in [0.1, 0.15) is 5.75 Å². The molecule has 0 atom stereocenters. The summed E-state index contributed by atoms with van der Waals surface area (Å²) in [5, 5.41) is 19.6. The van der Waals surface area contributed by atoms with Crippen LogP contribution in [0.25, 0.3) is 22.0 Å². The molecule has 0 aliphatic heterocycles. The molecule has 2 N–H and O–H groups in total. The molecule has 4 rings (SSSR count). The summed E-state index contributed by atoms with van der Waals surface area (Å²) in [5.41, 5.74) is 6.40. The Morgan fingerprint density at radius 3 is 2.79 bits per heavy atom. The summed E-state index contributed by atoms with van der Waals surface area (Å²) in [6, 6.07) is 20.2. The number of nitrogens with zero attached hydrogens (tertiary/aromatic N) is 2. The molecule has 0 amide bonds. The number of rotatable bonds is 6. The first kappa shape index (κ1) is 17.9. The van der Waals surface area contributed by atoms with Crippen LogP contribution in [0.1, 0.15) is 11.1 Å². The highest BCUT2D eigenvalue weighted by Crippen LogP contribution is 2.28. The Hall–Kier alpha value is -3.44. The maximum Gasteiger partial charge on any atom is 0.203 e. The van der Waals surface area contributed by atoms with Crippen LogP contribution < -0.4 is 5.43 Å². The van der Waals surface area contributed by atoms with Gasteiger partial charge in [-0.05, 0) is 34.9 Å². The highest BCUT2D eigenvalue weighted by atomic mass is 32.1. The zero-order valence-corrected chi connectivity index (χ0v) is 16.0. The number of benzene rings is 3. The second-order valence-corrected chi connectivity index (χ2v) is 7.18. The van der Waals surface area contributed by atoms with Crippen molar-refractivity contribution in [2.24, 2.45) is 5.10 Å². The minimum atomic E-state index is 0.226. The Morgan fingerprint density at radius 1 is 1.07 bits per heavy atom. The smallest absolute Gasteiger partial charge is 0.203 e. The molecule has 28 heavy (non-hydrogen) atoms. The van der Waals surface area contributed by atoms with Crippen LogP contribution in [-0.2, 0) is 6.42 Å². The van der Waals surface area contributed by atoms with E-state index in [2.05, 4.69) is 52.4 Å². The van der Waals surface area contributed by atoms with Crippen molar-refractivity contribution < 1.29 is 5.11 Å². The lowest BCUT2D eigenvalue weighted by molar-refractivity contribution is 0.469. The number of para-hydroxylation sites is 1. The number of hydrogen-bond donors (Lipinski definition) is 2. The average Bonchev–Trinajstić information content (AvgIpc) is 3.19. The topological polar surface area (TPSA) is 57.5 Å². The van der Waals surface area contributed by atoms with Gasteiger partial charge in [0.2, 0.25) is 5.13 Å². The van der Waals surface area contributed by atoms with Crippen LogP contribution in [0.2, 0.25) is 0 Å². The van der Waals surface area contributed by atoms with E-state index >= 15 is 0 Å². The number of anilines is 1. The number of nitrogens with one attached hydrogen (secondary N) is 1. The maximum atomic E-state index is 10.3. The molecule has 0 bridgehead atoms. The summed E-state index contributed by atoms with van der Waals surface area (Å²) in [4.78, 5) is 4.61. The van der Waals surface area contributed by atoms with Gasteiger partial charge in [0.15, 0.2) is 0 Å². The van der Waals surface area contributed by atoms with E-state index in [1.165, 1.54) is 22.1 Å². The highest BCUT2D eigenvalue weighted by molar-refractivity contribution is 7.14. The molecule has 1 aromatic heterocycles. The van der Waals surface area contributed by atoms with Gasteiger partial charge < -0.3 is 5.11 Å². The normalized spacial score (nSPS) is 11.1. The quantitative estimate of drug-likeness (QED) is 0.249. The molecule has 0 saturated heterocycles. The third kappa shape index (κ3) is 3.80. The molecule has 3 aromatic carbocycles. The molecule has 0 spiro atoms. The predicted octanol–water partition coefficient (Wildman–Crippen LogP) is 5.84. The molecule has 0 fully saturated rings. The molecule has 4 aromatic rings. The molecule has 0 unspecified atom stereocenters. The monoisotopic (exact) mass is 385 g/mol. The lowest BCUT2D eigenvalue weighted by Crippen LogP contribution is -1.93. The fourth-order valence-electron chi connectivity index (χ4n) is 3.00. The van der Waals surface area contributed by atoms with E-state index in [1.54, 1.807) is 12.3 Å². The highest BCUT2D eigenvalue weighted by Gasteiger charge is 2.06. The Kier molecular flexibility index (Phi) is 5.17. The number of phenolic OH excluding ortho intramolecular Hbond substituents is 1. The second kappa shape index (κ2) is 8.06. The molecule has 0 aliphatic rings. The first-order chi connectivity index (χ1) is 13.7. The number of phenols is 1. The van der Waals surface area contributed by atoms with Crippen LogP contribution in [0.3, 0.4) is 0 Å². The third-order valence-corrected chi connectivity index (χ3v) is 5.18. The molecule has 0 radical (unpaired) electrons. The van der Waals surface area contributed by atoms with Crippen LogP contribution in [0.5, 0.6) is 5.75 Å². The van der Waals surface area contributed by atoms with Gasteiger partial charge in [-0.25, -0.2) is 4.98 Å². The van der Waals surface area contributed by atoms with Gasteiger partial charge in [0, 0.05) is 16.5 Å². The van der Waals surface area contributed by atoms with Gasteiger partial charge in [0.25, 0.3) is 0 Å². The zero-order valence-electron chi connectivity index (χ0n) is 15.2. The van der Waals surface area contributed by atoms with Gasteiger partial charge in [-0.15, -0.1) is 17.9 Å². The maximum absolute atomic E-state index is 10.3. The molecule has 0 saturated carbocycles. The second-order valence-electron chi connectivity index (χ2n) is 6.32. The Labute approximate surface area is 167 Å². The molecule has 0 aliphatic carbocycles.